The first kappa shape index (κ1) is 27.4. The third kappa shape index (κ3) is 8.15. The smallest absolute Gasteiger partial charge is 0.327 e. The van der Waals surface area contributed by atoms with E-state index in [1.54, 1.807) is 20.8 Å². The molecule has 1 aromatic heterocycles. The van der Waals surface area contributed by atoms with E-state index >= 15 is 0 Å². The molecule has 1 rings (SSSR count). The summed E-state index contributed by atoms with van der Waals surface area (Å²) >= 11 is 3.95. The van der Waals surface area contributed by atoms with Gasteiger partial charge in [0.25, 0.3) is 0 Å². The van der Waals surface area contributed by atoms with Crippen molar-refractivity contribution in [2.45, 2.75) is 64.7 Å². The van der Waals surface area contributed by atoms with E-state index in [2.05, 4.69) is 38.5 Å². The number of aromatic nitrogens is 2. The summed E-state index contributed by atoms with van der Waals surface area (Å²) in [5.41, 5.74) is 6.51. The minimum Gasteiger partial charge on any atom is -0.480 e. The molecule has 0 spiro atoms. The van der Waals surface area contributed by atoms with E-state index in [9.17, 15) is 24.3 Å². The topological polar surface area (TPSA) is 179 Å². The van der Waals surface area contributed by atoms with Crippen molar-refractivity contribution in [2.75, 3.05) is 5.75 Å². The molecular formula is C20H34N6O5S. The van der Waals surface area contributed by atoms with Gasteiger partial charge in [0.1, 0.15) is 18.1 Å². The predicted molar refractivity (Wildman–Crippen MR) is 122 cm³/mol. The number of imidazole rings is 1. The van der Waals surface area contributed by atoms with Crippen molar-refractivity contribution in [3.05, 3.63) is 18.2 Å². The van der Waals surface area contributed by atoms with Crippen molar-refractivity contribution in [3.8, 4) is 0 Å². The van der Waals surface area contributed by atoms with Crippen molar-refractivity contribution in [2.24, 2.45) is 17.6 Å². The fourth-order valence-corrected chi connectivity index (χ4v) is 3.05. The van der Waals surface area contributed by atoms with Gasteiger partial charge in [0.15, 0.2) is 0 Å². The largest absolute Gasteiger partial charge is 0.480 e. The van der Waals surface area contributed by atoms with E-state index in [1.807, 2.05) is 6.92 Å². The van der Waals surface area contributed by atoms with Gasteiger partial charge in [-0.2, -0.15) is 12.6 Å². The van der Waals surface area contributed by atoms with Crippen molar-refractivity contribution in [1.29, 1.82) is 0 Å². The Bertz CT molecular complexity index is 773. The van der Waals surface area contributed by atoms with Gasteiger partial charge in [0.05, 0.1) is 12.4 Å². The number of carbonyl (C=O) groups is 4. The Balaban J connectivity index is 3.06. The number of nitrogens with one attached hydrogen (secondary N) is 4. The van der Waals surface area contributed by atoms with E-state index in [-0.39, 0.29) is 24.0 Å². The quantitative estimate of drug-likeness (QED) is 0.189. The Labute approximate surface area is 193 Å². The van der Waals surface area contributed by atoms with Crippen LogP contribution < -0.4 is 21.7 Å². The molecule has 0 bridgehead atoms. The van der Waals surface area contributed by atoms with Crippen LogP contribution in [0.25, 0.3) is 0 Å². The van der Waals surface area contributed by atoms with Crippen LogP contribution in [-0.2, 0) is 25.6 Å². The van der Waals surface area contributed by atoms with E-state index < -0.39 is 47.9 Å². The zero-order chi connectivity index (χ0) is 24.4. The molecule has 0 aliphatic carbocycles. The maximum absolute atomic E-state index is 13.1. The van der Waals surface area contributed by atoms with Gasteiger partial charge in [-0.3, -0.25) is 14.4 Å². The van der Waals surface area contributed by atoms with Gasteiger partial charge in [-0.1, -0.05) is 34.1 Å². The Hall–Kier alpha value is -2.60. The third-order valence-corrected chi connectivity index (χ3v) is 5.59. The molecule has 0 radical (unpaired) electrons. The molecule has 0 fully saturated rings. The molecule has 7 N–H and O–H groups in total. The van der Waals surface area contributed by atoms with Crippen molar-refractivity contribution >= 4 is 36.3 Å². The molecule has 12 heteroatoms. The number of nitrogens with two attached hydrogens (primary N) is 1. The number of amides is 3. The SMILES string of the molecule is CCC(C)C(NC(=O)C(Cc1cnc[nH]1)NC(=O)C(N)C(C)C)C(=O)NC(CS)C(=O)O. The first-order valence-electron chi connectivity index (χ1n) is 10.5. The van der Waals surface area contributed by atoms with Crippen LogP contribution in [0, 0.1) is 11.8 Å². The average Bonchev–Trinajstić information content (AvgIpc) is 3.26. The Morgan fingerprint density at radius 1 is 1.09 bits per heavy atom. The van der Waals surface area contributed by atoms with Crippen LogP contribution in [0.3, 0.4) is 0 Å². The summed E-state index contributed by atoms with van der Waals surface area (Å²) in [4.78, 5) is 56.4. The van der Waals surface area contributed by atoms with Gasteiger partial charge in [-0.05, 0) is 11.8 Å². The minimum atomic E-state index is -1.23. The summed E-state index contributed by atoms with van der Waals surface area (Å²) in [6, 6.07) is -4.03. The Morgan fingerprint density at radius 2 is 1.72 bits per heavy atom. The molecule has 5 atom stereocenters. The monoisotopic (exact) mass is 470 g/mol. The predicted octanol–water partition coefficient (Wildman–Crippen LogP) is -0.550. The van der Waals surface area contributed by atoms with E-state index in [0.29, 0.717) is 12.1 Å². The zero-order valence-corrected chi connectivity index (χ0v) is 19.7. The molecule has 1 heterocycles. The number of nitrogens with zero attached hydrogens (tertiary/aromatic N) is 1. The molecule has 3 amide bonds. The van der Waals surface area contributed by atoms with Gasteiger partial charge >= 0.3 is 5.97 Å². The van der Waals surface area contributed by atoms with Gasteiger partial charge in [0, 0.05) is 24.1 Å². The van der Waals surface area contributed by atoms with Gasteiger partial charge in [-0.25, -0.2) is 9.78 Å². The maximum Gasteiger partial charge on any atom is 0.327 e. The highest BCUT2D eigenvalue weighted by atomic mass is 32.1. The van der Waals surface area contributed by atoms with Crippen LogP contribution in [0.1, 0.15) is 39.8 Å². The molecule has 1 aromatic rings. The molecule has 0 aliphatic rings. The number of aromatic amines is 1. The van der Waals surface area contributed by atoms with E-state index in [4.69, 9.17) is 5.73 Å². The van der Waals surface area contributed by atoms with Crippen LogP contribution in [-0.4, -0.2) is 68.7 Å². The molecule has 32 heavy (non-hydrogen) atoms. The molecule has 11 nitrogen and oxygen atoms in total. The summed E-state index contributed by atoms with van der Waals surface area (Å²) in [6.45, 7) is 7.18. The summed E-state index contributed by atoms with van der Waals surface area (Å²) in [5, 5.41) is 16.9. The fourth-order valence-electron chi connectivity index (χ4n) is 2.80. The first-order chi connectivity index (χ1) is 15.0. The lowest BCUT2D eigenvalue weighted by atomic mass is 9.97. The average molecular weight is 471 g/mol. The Morgan fingerprint density at radius 3 is 2.19 bits per heavy atom. The number of carbonyl (C=O) groups excluding carboxylic acids is 3. The van der Waals surface area contributed by atoms with Crippen LogP contribution in [0.15, 0.2) is 12.5 Å². The number of hydrogen-bond donors (Lipinski definition) is 7. The summed E-state index contributed by atoms with van der Waals surface area (Å²) in [7, 11) is 0. The minimum absolute atomic E-state index is 0.103. The molecular weight excluding hydrogens is 436 g/mol. The lowest BCUT2D eigenvalue weighted by Gasteiger charge is -2.28. The summed E-state index contributed by atoms with van der Waals surface area (Å²) < 4.78 is 0. The lowest BCUT2D eigenvalue weighted by molar-refractivity contribution is -0.142. The number of thiol groups is 1. The lowest BCUT2D eigenvalue weighted by Crippen LogP contribution is -2.59. The fraction of sp³-hybridized carbons (Fsp3) is 0.650. The van der Waals surface area contributed by atoms with Crippen molar-refractivity contribution in [1.82, 2.24) is 25.9 Å². The highest BCUT2D eigenvalue weighted by molar-refractivity contribution is 7.80. The van der Waals surface area contributed by atoms with Crippen LogP contribution in [0.2, 0.25) is 0 Å². The molecule has 0 saturated heterocycles. The van der Waals surface area contributed by atoms with Crippen molar-refractivity contribution in [3.63, 3.8) is 0 Å². The van der Waals surface area contributed by atoms with Gasteiger partial charge < -0.3 is 31.8 Å². The zero-order valence-electron chi connectivity index (χ0n) is 18.8. The molecule has 0 saturated carbocycles. The molecule has 5 unspecified atom stereocenters. The molecule has 0 aliphatic heterocycles. The van der Waals surface area contributed by atoms with Crippen LogP contribution >= 0.6 is 12.6 Å². The maximum atomic E-state index is 13.1. The Kier molecular flexibility index (Phi) is 11.2. The standard InChI is InChI=1S/C20H34N6O5S/c1-5-11(4)16(19(29)25-14(8-32)20(30)31)26-17(27)13(6-12-7-22-9-23-12)24-18(28)15(21)10(2)3/h7,9-11,13-16,32H,5-6,8,21H2,1-4H3,(H,22,23)(H,24,28)(H,25,29)(H,26,27)(H,30,31). The number of rotatable bonds is 13. The third-order valence-electron chi connectivity index (χ3n) is 5.22. The number of carboxylic acid groups (broad SMARTS) is 1. The first-order valence-corrected chi connectivity index (χ1v) is 11.1. The second-order valence-electron chi connectivity index (χ2n) is 8.07. The van der Waals surface area contributed by atoms with Gasteiger partial charge in [-0.15, -0.1) is 0 Å². The number of carboxylic acids is 1. The van der Waals surface area contributed by atoms with E-state index in [0.717, 1.165) is 0 Å². The van der Waals surface area contributed by atoms with Crippen LogP contribution in [0.4, 0.5) is 0 Å². The number of hydrogen-bond acceptors (Lipinski definition) is 7. The molecule has 180 valence electrons. The van der Waals surface area contributed by atoms with Crippen LogP contribution in [0.5, 0.6) is 0 Å². The molecule has 0 aromatic carbocycles. The highest BCUT2D eigenvalue weighted by Gasteiger charge is 2.33. The number of H-pyrrole nitrogens is 1. The summed E-state index contributed by atoms with van der Waals surface area (Å²) in [5.74, 6) is -3.50. The normalized spacial score (nSPS) is 15.8. The van der Waals surface area contributed by atoms with E-state index in [1.165, 1.54) is 12.5 Å². The second-order valence-corrected chi connectivity index (χ2v) is 8.43. The summed E-state index contributed by atoms with van der Waals surface area (Å²) in [6.07, 6.45) is 3.63. The highest BCUT2D eigenvalue weighted by Crippen LogP contribution is 2.10. The van der Waals surface area contributed by atoms with Gasteiger partial charge in [0.2, 0.25) is 17.7 Å². The second kappa shape index (κ2) is 13.1. The number of aliphatic carboxylic acids is 1. The van der Waals surface area contributed by atoms with Crippen molar-refractivity contribution < 1.29 is 24.3 Å².